The Labute approximate surface area is 153 Å². The Morgan fingerprint density at radius 1 is 1.28 bits per heavy atom. The first-order valence-electron chi connectivity index (χ1n) is 8.48. The van der Waals surface area contributed by atoms with Crippen LogP contribution in [0.4, 0.5) is 0 Å². The predicted molar refractivity (Wildman–Crippen MR) is 105 cm³/mol. The van der Waals surface area contributed by atoms with Crippen LogP contribution in [0.5, 0.6) is 5.75 Å². The van der Waals surface area contributed by atoms with Gasteiger partial charge in [0.05, 0.1) is 13.1 Å². The summed E-state index contributed by atoms with van der Waals surface area (Å²) < 4.78 is 5.78. The molecule has 2 rings (SSSR count). The molecule has 0 saturated heterocycles. The second kappa shape index (κ2) is 9.44. The van der Waals surface area contributed by atoms with Crippen molar-refractivity contribution in [3.63, 3.8) is 0 Å². The lowest BCUT2D eigenvalue weighted by molar-refractivity contribution is 0.0677. The molecule has 136 valence electrons. The quantitative estimate of drug-likeness (QED) is 0.384. The number of thiophene rings is 1. The molecule has 0 saturated carbocycles. The van der Waals surface area contributed by atoms with Crippen molar-refractivity contribution in [3.05, 3.63) is 52.2 Å². The Hall–Kier alpha value is -2.05. The minimum Gasteiger partial charge on any atom is -0.491 e. The fourth-order valence-electron chi connectivity index (χ4n) is 2.29. The molecule has 2 aromatic rings. The van der Waals surface area contributed by atoms with E-state index in [1.54, 1.807) is 18.3 Å². The normalized spacial score (nSPS) is 14.0. The molecule has 0 spiro atoms. The van der Waals surface area contributed by atoms with Gasteiger partial charge in [0.15, 0.2) is 5.96 Å². The summed E-state index contributed by atoms with van der Waals surface area (Å²) in [6, 6.07) is 9.88. The summed E-state index contributed by atoms with van der Waals surface area (Å²) in [7, 11) is 0. The van der Waals surface area contributed by atoms with Gasteiger partial charge in [0.1, 0.15) is 18.0 Å². The van der Waals surface area contributed by atoms with Gasteiger partial charge >= 0.3 is 0 Å². The summed E-state index contributed by atoms with van der Waals surface area (Å²) >= 11 is 1.57. The maximum atomic E-state index is 10.6. The zero-order valence-corrected chi connectivity index (χ0v) is 15.9. The number of aryl methyl sites for hydroxylation is 1. The first kappa shape index (κ1) is 19.3. The van der Waals surface area contributed by atoms with E-state index < -0.39 is 5.60 Å². The van der Waals surface area contributed by atoms with Gasteiger partial charge in [0.2, 0.25) is 0 Å². The van der Waals surface area contributed by atoms with Crippen molar-refractivity contribution in [1.29, 1.82) is 0 Å². The Balaban J connectivity index is 1.84. The van der Waals surface area contributed by atoms with E-state index in [0.717, 1.165) is 23.4 Å². The Morgan fingerprint density at radius 3 is 2.76 bits per heavy atom. The van der Waals surface area contributed by atoms with Crippen molar-refractivity contribution < 1.29 is 9.84 Å². The van der Waals surface area contributed by atoms with Crippen molar-refractivity contribution in [2.75, 3.05) is 26.2 Å². The number of aliphatic imine (C=N–C) groups is 1. The third-order valence-electron chi connectivity index (χ3n) is 3.78. The second-order valence-corrected chi connectivity index (χ2v) is 6.80. The van der Waals surface area contributed by atoms with E-state index >= 15 is 0 Å². The predicted octanol–water partition coefficient (Wildman–Crippen LogP) is 2.90. The van der Waals surface area contributed by atoms with E-state index in [0.29, 0.717) is 19.1 Å². The van der Waals surface area contributed by atoms with Gasteiger partial charge < -0.3 is 20.5 Å². The number of hydrogen-bond donors (Lipinski definition) is 3. The molecule has 25 heavy (non-hydrogen) atoms. The number of para-hydroxylation sites is 1. The lowest BCUT2D eigenvalue weighted by atomic mass is 10.00. The molecule has 0 bridgehead atoms. The topological polar surface area (TPSA) is 65.9 Å². The molecule has 1 atom stereocenters. The van der Waals surface area contributed by atoms with Crippen LogP contribution in [0, 0.1) is 6.92 Å². The molecule has 0 aliphatic carbocycles. The highest BCUT2D eigenvalue weighted by Gasteiger charge is 2.23. The number of hydrogen-bond acceptors (Lipinski definition) is 4. The van der Waals surface area contributed by atoms with Gasteiger partial charge in [-0.25, -0.2) is 4.99 Å². The summed E-state index contributed by atoms with van der Waals surface area (Å²) in [5.74, 6) is 1.57. The van der Waals surface area contributed by atoms with Crippen LogP contribution in [0.3, 0.4) is 0 Å². The van der Waals surface area contributed by atoms with Crippen molar-refractivity contribution in [2.45, 2.75) is 26.4 Å². The summed E-state index contributed by atoms with van der Waals surface area (Å²) in [4.78, 5) is 4.50. The van der Waals surface area contributed by atoms with Crippen LogP contribution in [0.1, 0.15) is 25.0 Å². The first-order valence-corrected chi connectivity index (χ1v) is 9.43. The van der Waals surface area contributed by atoms with Crippen molar-refractivity contribution in [2.24, 2.45) is 4.99 Å². The number of rotatable bonds is 8. The average molecular weight is 362 g/mol. The molecule has 5 nitrogen and oxygen atoms in total. The minimum absolute atomic E-state index is 0.289. The van der Waals surface area contributed by atoms with E-state index in [9.17, 15) is 5.11 Å². The third-order valence-corrected chi connectivity index (χ3v) is 4.46. The van der Waals surface area contributed by atoms with Gasteiger partial charge in [-0.2, -0.15) is 11.3 Å². The number of nitrogens with zero attached hydrogens (tertiary/aromatic N) is 1. The number of guanidine groups is 1. The zero-order chi connectivity index (χ0) is 18.1. The van der Waals surface area contributed by atoms with Gasteiger partial charge in [0.25, 0.3) is 0 Å². The standard InChI is InChI=1S/C19H27N3O2S/c1-4-20-18(22-14-19(3,23)16-9-12-25-13-16)21-10-11-24-17-8-6-5-7-15(17)2/h5-9,12-13,23H,4,10-11,14H2,1-3H3,(H2,20,21,22). The molecule has 0 fully saturated rings. The highest BCUT2D eigenvalue weighted by molar-refractivity contribution is 7.08. The van der Waals surface area contributed by atoms with Gasteiger partial charge in [-0.1, -0.05) is 18.2 Å². The smallest absolute Gasteiger partial charge is 0.191 e. The molecule has 0 radical (unpaired) electrons. The number of benzene rings is 1. The Morgan fingerprint density at radius 2 is 2.08 bits per heavy atom. The van der Waals surface area contributed by atoms with E-state index in [2.05, 4.69) is 15.6 Å². The molecule has 0 amide bonds. The van der Waals surface area contributed by atoms with E-state index in [1.165, 1.54) is 0 Å². The molecule has 6 heteroatoms. The van der Waals surface area contributed by atoms with Gasteiger partial charge in [-0.15, -0.1) is 0 Å². The van der Waals surface area contributed by atoms with Gasteiger partial charge in [-0.05, 0) is 54.8 Å². The van der Waals surface area contributed by atoms with Crippen LogP contribution >= 0.6 is 11.3 Å². The Kier molecular flexibility index (Phi) is 7.28. The van der Waals surface area contributed by atoms with E-state index in [4.69, 9.17) is 4.74 Å². The van der Waals surface area contributed by atoms with Crippen LogP contribution in [0.2, 0.25) is 0 Å². The monoisotopic (exact) mass is 361 g/mol. The maximum absolute atomic E-state index is 10.6. The highest BCUT2D eigenvalue weighted by Crippen LogP contribution is 2.23. The van der Waals surface area contributed by atoms with Gasteiger partial charge in [0, 0.05) is 6.54 Å². The molecule has 0 aliphatic rings. The van der Waals surface area contributed by atoms with Gasteiger partial charge in [-0.3, -0.25) is 0 Å². The minimum atomic E-state index is -0.972. The van der Waals surface area contributed by atoms with Crippen LogP contribution in [-0.2, 0) is 5.60 Å². The maximum Gasteiger partial charge on any atom is 0.191 e. The summed E-state index contributed by atoms with van der Waals surface area (Å²) in [5, 5.41) is 20.9. The van der Waals surface area contributed by atoms with Crippen LogP contribution in [-0.4, -0.2) is 37.3 Å². The van der Waals surface area contributed by atoms with Crippen LogP contribution in [0.15, 0.2) is 46.1 Å². The van der Waals surface area contributed by atoms with Crippen LogP contribution < -0.4 is 15.4 Å². The van der Waals surface area contributed by atoms with Crippen LogP contribution in [0.25, 0.3) is 0 Å². The molecule has 1 unspecified atom stereocenters. The second-order valence-electron chi connectivity index (χ2n) is 6.02. The molecule has 0 aliphatic heterocycles. The lowest BCUT2D eigenvalue weighted by Gasteiger charge is -2.21. The lowest BCUT2D eigenvalue weighted by Crippen LogP contribution is -2.40. The summed E-state index contributed by atoms with van der Waals surface area (Å²) in [6.07, 6.45) is 0. The fraction of sp³-hybridized carbons (Fsp3) is 0.421. The number of ether oxygens (including phenoxy) is 1. The fourth-order valence-corrected chi connectivity index (χ4v) is 3.07. The van der Waals surface area contributed by atoms with Crippen molar-refractivity contribution in [1.82, 2.24) is 10.6 Å². The van der Waals surface area contributed by atoms with Crippen molar-refractivity contribution >= 4 is 17.3 Å². The highest BCUT2D eigenvalue weighted by atomic mass is 32.1. The Bertz CT molecular complexity index is 669. The average Bonchev–Trinajstić information content (AvgIpc) is 3.13. The molecule has 1 aromatic carbocycles. The third kappa shape index (κ3) is 6.07. The molecular weight excluding hydrogens is 334 g/mol. The first-order chi connectivity index (χ1) is 12.0. The molecule has 1 aromatic heterocycles. The van der Waals surface area contributed by atoms with Crippen molar-refractivity contribution in [3.8, 4) is 5.75 Å². The summed E-state index contributed by atoms with van der Waals surface area (Å²) in [5.41, 5.74) is 1.04. The molecule has 1 heterocycles. The SMILES string of the molecule is CCNC(=NCC(C)(O)c1ccsc1)NCCOc1ccccc1C. The van der Waals surface area contributed by atoms with E-state index in [1.807, 2.05) is 54.9 Å². The zero-order valence-electron chi connectivity index (χ0n) is 15.1. The largest absolute Gasteiger partial charge is 0.491 e. The summed E-state index contributed by atoms with van der Waals surface area (Å²) in [6.45, 7) is 8.03. The molecular formula is C19H27N3O2S. The van der Waals surface area contributed by atoms with E-state index in [-0.39, 0.29) is 6.54 Å². The number of nitrogens with one attached hydrogen (secondary N) is 2. The number of aliphatic hydroxyl groups is 1. The molecule has 3 N–H and O–H groups in total.